The lowest BCUT2D eigenvalue weighted by molar-refractivity contribution is 0.280. The van der Waals surface area contributed by atoms with Gasteiger partial charge < -0.3 is 10.4 Å². The molecule has 0 aromatic heterocycles. The third-order valence-electron chi connectivity index (χ3n) is 2.83. The van der Waals surface area contributed by atoms with Crippen molar-refractivity contribution < 1.29 is 5.11 Å². The zero-order valence-corrected chi connectivity index (χ0v) is 10.8. The highest BCUT2D eigenvalue weighted by Gasteiger charge is 2.02. The van der Waals surface area contributed by atoms with Crippen LogP contribution in [0.4, 0.5) is 0 Å². The van der Waals surface area contributed by atoms with Crippen LogP contribution in [0.5, 0.6) is 0 Å². The second kappa shape index (κ2) is 6.55. The first kappa shape index (κ1) is 13.1. The van der Waals surface area contributed by atoms with E-state index in [9.17, 15) is 5.11 Å². The van der Waals surface area contributed by atoms with Crippen LogP contribution in [0, 0.1) is 0 Å². The van der Waals surface area contributed by atoms with Crippen molar-refractivity contribution in [3.05, 3.63) is 70.2 Å². The Morgan fingerprint density at radius 1 is 0.944 bits per heavy atom. The normalized spacial score (nSPS) is 10.6. The molecule has 0 spiro atoms. The standard InChI is InChI=1S/C15H16ClNO/c16-15-7-6-13(11-18)14(8-15)10-17-9-12-4-2-1-3-5-12/h1-8,17-18H,9-11H2. The minimum Gasteiger partial charge on any atom is -0.392 e. The summed E-state index contributed by atoms with van der Waals surface area (Å²) in [6, 6.07) is 15.8. The van der Waals surface area contributed by atoms with Gasteiger partial charge in [-0.25, -0.2) is 0 Å². The highest BCUT2D eigenvalue weighted by Crippen LogP contribution is 2.16. The number of aliphatic hydroxyl groups excluding tert-OH is 1. The van der Waals surface area contributed by atoms with Crippen LogP contribution in [0.3, 0.4) is 0 Å². The molecule has 0 aliphatic carbocycles. The Morgan fingerprint density at radius 2 is 1.72 bits per heavy atom. The molecule has 0 aliphatic heterocycles. The van der Waals surface area contributed by atoms with E-state index < -0.39 is 0 Å². The second-order valence-electron chi connectivity index (χ2n) is 4.16. The molecule has 3 heteroatoms. The van der Waals surface area contributed by atoms with E-state index in [-0.39, 0.29) is 6.61 Å². The molecule has 0 atom stereocenters. The lowest BCUT2D eigenvalue weighted by atomic mass is 10.1. The topological polar surface area (TPSA) is 32.3 Å². The van der Waals surface area contributed by atoms with E-state index >= 15 is 0 Å². The molecule has 94 valence electrons. The first-order valence-corrected chi connectivity index (χ1v) is 6.30. The van der Waals surface area contributed by atoms with Crippen molar-refractivity contribution in [3.63, 3.8) is 0 Å². The summed E-state index contributed by atoms with van der Waals surface area (Å²) < 4.78 is 0. The van der Waals surface area contributed by atoms with E-state index in [1.54, 1.807) is 6.07 Å². The number of nitrogens with one attached hydrogen (secondary N) is 1. The second-order valence-corrected chi connectivity index (χ2v) is 4.60. The molecule has 18 heavy (non-hydrogen) atoms. The van der Waals surface area contributed by atoms with Crippen LogP contribution in [0.1, 0.15) is 16.7 Å². The Hall–Kier alpha value is -1.35. The molecule has 0 amide bonds. The zero-order chi connectivity index (χ0) is 12.8. The molecule has 2 aromatic rings. The van der Waals surface area contributed by atoms with Gasteiger partial charge in [0.15, 0.2) is 0 Å². The summed E-state index contributed by atoms with van der Waals surface area (Å²) in [6.07, 6.45) is 0. The van der Waals surface area contributed by atoms with E-state index in [1.807, 2.05) is 30.3 Å². The summed E-state index contributed by atoms with van der Waals surface area (Å²) >= 11 is 5.96. The largest absolute Gasteiger partial charge is 0.392 e. The highest BCUT2D eigenvalue weighted by molar-refractivity contribution is 6.30. The maximum atomic E-state index is 9.25. The summed E-state index contributed by atoms with van der Waals surface area (Å²) in [5, 5.41) is 13.3. The lowest BCUT2D eigenvalue weighted by Gasteiger charge is -2.09. The summed E-state index contributed by atoms with van der Waals surface area (Å²) in [5.41, 5.74) is 3.20. The summed E-state index contributed by atoms with van der Waals surface area (Å²) in [7, 11) is 0. The molecule has 2 aromatic carbocycles. The van der Waals surface area contributed by atoms with Gasteiger partial charge in [-0.1, -0.05) is 48.0 Å². The predicted octanol–water partition coefficient (Wildman–Crippen LogP) is 3.12. The molecular weight excluding hydrogens is 246 g/mol. The molecule has 0 aliphatic rings. The van der Waals surface area contributed by atoms with E-state index in [0.29, 0.717) is 11.6 Å². The predicted molar refractivity (Wildman–Crippen MR) is 74.4 cm³/mol. The van der Waals surface area contributed by atoms with Crippen LogP contribution in [0.25, 0.3) is 0 Å². The van der Waals surface area contributed by atoms with Gasteiger partial charge in [0.25, 0.3) is 0 Å². The fraction of sp³-hybridized carbons (Fsp3) is 0.200. The number of hydrogen-bond donors (Lipinski definition) is 2. The Morgan fingerprint density at radius 3 is 2.44 bits per heavy atom. The van der Waals surface area contributed by atoms with Crippen LogP contribution in [0.15, 0.2) is 48.5 Å². The van der Waals surface area contributed by atoms with Gasteiger partial charge in [-0.05, 0) is 28.8 Å². The molecule has 0 saturated carbocycles. The summed E-state index contributed by atoms with van der Waals surface area (Å²) in [4.78, 5) is 0. The van der Waals surface area contributed by atoms with Gasteiger partial charge in [0.2, 0.25) is 0 Å². The molecule has 2 rings (SSSR count). The van der Waals surface area contributed by atoms with Gasteiger partial charge in [-0.2, -0.15) is 0 Å². The van der Waals surface area contributed by atoms with Crippen molar-refractivity contribution in [2.75, 3.05) is 0 Å². The van der Waals surface area contributed by atoms with Crippen LogP contribution in [-0.2, 0) is 19.7 Å². The van der Waals surface area contributed by atoms with Gasteiger partial charge in [0.1, 0.15) is 0 Å². The molecule has 0 unspecified atom stereocenters. The molecular formula is C15H16ClNO. The molecule has 0 radical (unpaired) electrons. The minimum absolute atomic E-state index is 0.0412. The van der Waals surface area contributed by atoms with E-state index in [4.69, 9.17) is 11.6 Å². The Labute approximate surface area is 112 Å². The van der Waals surface area contributed by atoms with Gasteiger partial charge in [-0.15, -0.1) is 0 Å². The molecule has 2 N–H and O–H groups in total. The molecule has 0 fully saturated rings. The zero-order valence-electron chi connectivity index (χ0n) is 10.1. The van der Waals surface area contributed by atoms with Gasteiger partial charge in [0.05, 0.1) is 6.61 Å². The minimum atomic E-state index is 0.0412. The summed E-state index contributed by atoms with van der Waals surface area (Å²) in [5.74, 6) is 0. The number of halogens is 1. The van der Waals surface area contributed by atoms with Gasteiger partial charge in [-0.3, -0.25) is 0 Å². The monoisotopic (exact) mass is 261 g/mol. The Balaban J connectivity index is 1.96. The molecule has 0 saturated heterocycles. The fourth-order valence-electron chi connectivity index (χ4n) is 1.85. The SMILES string of the molecule is OCc1ccc(Cl)cc1CNCc1ccccc1. The lowest BCUT2D eigenvalue weighted by Crippen LogP contribution is -2.14. The fourth-order valence-corrected chi connectivity index (χ4v) is 2.05. The van der Waals surface area contributed by atoms with Crippen molar-refractivity contribution >= 4 is 11.6 Å². The first-order chi connectivity index (χ1) is 8.79. The van der Waals surface area contributed by atoms with Crippen LogP contribution in [0.2, 0.25) is 5.02 Å². The molecule has 2 nitrogen and oxygen atoms in total. The Kier molecular flexibility index (Phi) is 4.76. The Bertz CT molecular complexity index is 499. The number of hydrogen-bond acceptors (Lipinski definition) is 2. The van der Waals surface area contributed by atoms with Crippen molar-refractivity contribution in [2.45, 2.75) is 19.7 Å². The number of rotatable bonds is 5. The highest BCUT2D eigenvalue weighted by atomic mass is 35.5. The van der Waals surface area contributed by atoms with E-state index in [0.717, 1.165) is 17.7 Å². The summed E-state index contributed by atoms with van der Waals surface area (Å²) in [6.45, 7) is 1.54. The van der Waals surface area contributed by atoms with Gasteiger partial charge >= 0.3 is 0 Å². The van der Waals surface area contributed by atoms with Crippen LogP contribution < -0.4 is 5.32 Å². The maximum absolute atomic E-state index is 9.25. The first-order valence-electron chi connectivity index (χ1n) is 5.92. The number of benzene rings is 2. The van der Waals surface area contributed by atoms with E-state index in [1.165, 1.54) is 5.56 Å². The van der Waals surface area contributed by atoms with Crippen LogP contribution in [-0.4, -0.2) is 5.11 Å². The average molecular weight is 262 g/mol. The van der Waals surface area contributed by atoms with Crippen molar-refractivity contribution in [1.82, 2.24) is 5.32 Å². The average Bonchev–Trinajstić information content (AvgIpc) is 2.40. The molecule has 0 heterocycles. The van der Waals surface area contributed by atoms with Crippen LogP contribution >= 0.6 is 11.6 Å². The maximum Gasteiger partial charge on any atom is 0.0685 e. The van der Waals surface area contributed by atoms with Crippen molar-refractivity contribution in [2.24, 2.45) is 0 Å². The van der Waals surface area contributed by atoms with Crippen molar-refractivity contribution in [1.29, 1.82) is 0 Å². The smallest absolute Gasteiger partial charge is 0.0685 e. The number of aliphatic hydroxyl groups is 1. The van der Waals surface area contributed by atoms with Gasteiger partial charge in [0, 0.05) is 18.1 Å². The quantitative estimate of drug-likeness (QED) is 0.867. The van der Waals surface area contributed by atoms with Crippen molar-refractivity contribution in [3.8, 4) is 0 Å². The third kappa shape index (κ3) is 3.57. The molecule has 0 bridgehead atoms. The van der Waals surface area contributed by atoms with E-state index in [2.05, 4.69) is 17.4 Å². The third-order valence-corrected chi connectivity index (χ3v) is 3.06.